The molecule has 0 saturated heterocycles. The maximum atomic E-state index is 5.15. The molecule has 0 aromatic heterocycles. The Labute approximate surface area is 238 Å². The maximum Gasteiger partial charge on any atom is -0.0199 e. The van der Waals surface area contributed by atoms with Crippen molar-refractivity contribution in [3.63, 3.8) is 0 Å². The predicted octanol–water partition coefficient (Wildman–Crippen LogP) is 8.44. The Balaban J connectivity index is 0.000000142. The van der Waals surface area contributed by atoms with Crippen LogP contribution in [0, 0.1) is 0 Å². The van der Waals surface area contributed by atoms with E-state index in [4.69, 9.17) is 37.9 Å². The molecule has 0 nitrogen and oxygen atoms in total. The summed E-state index contributed by atoms with van der Waals surface area (Å²) in [7, 11) is 0. The molecule has 0 N–H and O–H groups in total. The normalized spacial score (nSPS) is 9.80. The fourth-order valence-corrected chi connectivity index (χ4v) is 4.38. The smallest absolute Gasteiger partial charge is 0.0199 e. The Bertz CT molecular complexity index is 1310. The van der Waals surface area contributed by atoms with Gasteiger partial charge in [-0.1, -0.05) is 127 Å². The summed E-state index contributed by atoms with van der Waals surface area (Å²) in [5.41, 5.74) is 0. The molecular formula is C31H24S3Sn. The van der Waals surface area contributed by atoms with Crippen molar-refractivity contribution in [2.75, 3.05) is 0 Å². The summed E-state index contributed by atoms with van der Waals surface area (Å²) >= 11 is 17.0. The summed E-state index contributed by atoms with van der Waals surface area (Å²) < 4.78 is 0. The van der Waals surface area contributed by atoms with Crippen LogP contribution in [0.15, 0.2) is 142 Å². The molecule has 0 aliphatic rings. The van der Waals surface area contributed by atoms with Gasteiger partial charge in [-0.3, -0.25) is 0 Å². The molecular weight excluding hydrogens is 587 g/mol. The average Bonchev–Trinajstić information content (AvgIpc) is 2.92. The van der Waals surface area contributed by atoms with Crippen molar-refractivity contribution < 1.29 is 0 Å². The van der Waals surface area contributed by atoms with Gasteiger partial charge in [0.15, 0.2) is 0 Å². The minimum absolute atomic E-state index is 0.933. The Morgan fingerprint density at radius 1 is 0.343 bits per heavy atom. The summed E-state index contributed by atoms with van der Waals surface area (Å²) in [6.07, 6.45) is 0. The van der Waals surface area contributed by atoms with Gasteiger partial charge >= 0.3 is 27.5 Å². The minimum atomic E-state index is 0.933. The molecule has 0 spiro atoms. The molecule has 0 radical (unpaired) electrons. The van der Waals surface area contributed by atoms with Gasteiger partial charge in [-0.2, -0.15) is 14.7 Å². The fourth-order valence-electron chi connectivity index (χ4n) is 3.59. The van der Waals surface area contributed by atoms with Crippen LogP contribution in [-0.2, 0) is 37.9 Å². The fraction of sp³-hybridized carbons (Fsp3) is 0.0323. The van der Waals surface area contributed by atoms with Crippen molar-refractivity contribution >= 4 is 92.7 Å². The Hall–Kier alpha value is -2.44. The first-order chi connectivity index (χ1) is 17.1. The first-order valence-corrected chi connectivity index (χ1v) is 15.2. The zero-order chi connectivity index (χ0) is 25.0. The summed E-state index contributed by atoms with van der Waals surface area (Å²) in [4.78, 5) is 4.89. The molecule has 6 aromatic carbocycles. The van der Waals surface area contributed by atoms with Crippen LogP contribution in [0.4, 0.5) is 0 Å². The van der Waals surface area contributed by atoms with Crippen molar-refractivity contribution in [1.82, 2.24) is 0 Å². The van der Waals surface area contributed by atoms with Crippen molar-refractivity contribution in [2.24, 2.45) is 0 Å². The zero-order valence-electron chi connectivity index (χ0n) is 19.3. The van der Waals surface area contributed by atoms with Crippen molar-refractivity contribution in [3.05, 3.63) is 127 Å². The second kappa shape index (κ2) is 14.2. The van der Waals surface area contributed by atoms with Crippen LogP contribution in [0.3, 0.4) is 0 Å². The zero-order valence-corrected chi connectivity index (χ0v) is 24.7. The van der Waals surface area contributed by atoms with Crippen LogP contribution < -0.4 is 0 Å². The van der Waals surface area contributed by atoms with Gasteiger partial charge in [-0.05, 0) is 32.3 Å². The van der Waals surface area contributed by atoms with E-state index < -0.39 is 0 Å². The van der Waals surface area contributed by atoms with E-state index >= 15 is 0 Å². The molecule has 0 fully saturated rings. The Kier molecular flexibility index (Phi) is 11.0. The van der Waals surface area contributed by atoms with Gasteiger partial charge < -0.3 is 37.9 Å². The van der Waals surface area contributed by atoms with E-state index in [-0.39, 0.29) is 0 Å². The third kappa shape index (κ3) is 7.52. The molecule has 0 aliphatic carbocycles. The molecule has 0 saturated carbocycles. The molecule has 4 heteroatoms. The van der Waals surface area contributed by atoms with Crippen molar-refractivity contribution in [1.29, 1.82) is 0 Å². The van der Waals surface area contributed by atoms with E-state index in [1.54, 1.807) is 22.5 Å². The second-order valence-corrected chi connectivity index (χ2v) is 8.75. The molecule has 0 bridgehead atoms. The van der Waals surface area contributed by atoms with Gasteiger partial charge in [0.25, 0.3) is 0 Å². The maximum absolute atomic E-state index is 5.15. The van der Waals surface area contributed by atoms with E-state index in [1.807, 2.05) is 72.8 Å². The number of fused-ring (bicyclic) bond motifs is 3. The standard InChI is InChI=1S/3C10H8S.CH3.Sn/c3*11-10-7-3-5-8-4-1-2-6-9(8)10;;/h3*1-7,11H;1H3;/q;;;;+3/p-3. The van der Waals surface area contributed by atoms with Gasteiger partial charge in [0.05, 0.1) is 0 Å². The monoisotopic (exact) mass is 612 g/mol. The number of rotatable bonds is 0. The quantitative estimate of drug-likeness (QED) is 0.125. The minimum Gasteiger partial charge on any atom is -0.779 e. The summed E-state index contributed by atoms with van der Waals surface area (Å²) in [5.74, 6) is 0. The molecule has 170 valence electrons. The van der Waals surface area contributed by atoms with Crippen LogP contribution >= 0.6 is 0 Å². The van der Waals surface area contributed by atoms with Crippen LogP contribution in [0.2, 0.25) is 4.94 Å². The largest absolute Gasteiger partial charge is 0.779 e. The van der Waals surface area contributed by atoms with Crippen LogP contribution in [0.1, 0.15) is 0 Å². The van der Waals surface area contributed by atoms with Crippen LogP contribution in [-0.4, -0.2) is 22.5 Å². The summed E-state index contributed by atoms with van der Waals surface area (Å²) in [5, 5.41) is 7.18. The van der Waals surface area contributed by atoms with Crippen molar-refractivity contribution in [3.8, 4) is 0 Å². The van der Waals surface area contributed by atoms with Gasteiger partial charge in [0.2, 0.25) is 0 Å². The van der Waals surface area contributed by atoms with Crippen molar-refractivity contribution in [2.45, 2.75) is 19.6 Å². The molecule has 35 heavy (non-hydrogen) atoms. The van der Waals surface area contributed by atoms with E-state index in [1.165, 1.54) is 32.3 Å². The van der Waals surface area contributed by atoms with Gasteiger partial charge in [-0.15, -0.1) is 0 Å². The van der Waals surface area contributed by atoms with Crippen LogP contribution in [0.25, 0.3) is 32.3 Å². The predicted molar refractivity (Wildman–Crippen MR) is 160 cm³/mol. The average molecular weight is 611 g/mol. The summed E-state index contributed by atoms with van der Waals surface area (Å²) in [6.45, 7) is 0. The molecule has 0 heterocycles. The van der Waals surface area contributed by atoms with Gasteiger partial charge in [0.1, 0.15) is 0 Å². The SMILES string of the molecule is [CH3][Sn+3].[S-]c1cccc2ccccc12.[S-]c1cccc2ccccc12.[S-]c1cccc2ccccc12. The second-order valence-electron chi connectivity index (χ2n) is 7.43. The third-order valence-electron chi connectivity index (χ3n) is 5.25. The number of hydrogen-bond acceptors (Lipinski definition) is 3. The molecule has 0 amide bonds. The van der Waals surface area contributed by atoms with Gasteiger partial charge in [0, 0.05) is 0 Å². The Morgan fingerprint density at radius 3 is 0.829 bits per heavy atom. The van der Waals surface area contributed by atoms with E-state index in [0.717, 1.165) is 14.7 Å². The van der Waals surface area contributed by atoms with Gasteiger partial charge in [-0.25, -0.2) is 0 Å². The molecule has 6 aromatic rings. The Morgan fingerprint density at radius 2 is 0.571 bits per heavy atom. The third-order valence-corrected chi connectivity index (χ3v) is 6.32. The number of hydrogen-bond donors (Lipinski definition) is 0. The van der Waals surface area contributed by atoms with E-state index in [9.17, 15) is 0 Å². The molecule has 0 atom stereocenters. The van der Waals surface area contributed by atoms with E-state index in [0.29, 0.717) is 0 Å². The van der Waals surface area contributed by atoms with E-state index in [2.05, 4.69) is 59.5 Å². The molecule has 0 unspecified atom stereocenters. The molecule has 6 rings (SSSR count). The number of benzene rings is 6. The first-order valence-electron chi connectivity index (χ1n) is 11.1. The molecule has 0 aliphatic heterocycles. The topological polar surface area (TPSA) is 0 Å². The van der Waals surface area contributed by atoms with Crippen LogP contribution in [0.5, 0.6) is 0 Å². The first kappa shape index (κ1) is 27.2. The summed E-state index contributed by atoms with van der Waals surface area (Å²) in [6, 6.07) is 42.6.